The summed E-state index contributed by atoms with van der Waals surface area (Å²) in [7, 11) is 1.61. The van der Waals surface area contributed by atoms with E-state index in [1.807, 2.05) is 30.3 Å². The third-order valence-electron chi connectivity index (χ3n) is 4.41. The molecule has 1 unspecified atom stereocenters. The number of nitrogens with one attached hydrogen (secondary N) is 2. The van der Waals surface area contributed by atoms with Gasteiger partial charge in [-0.25, -0.2) is 4.39 Å². The predicted molar refractivity (Wildman–Crippen MR) is 106 cm³/mol. The summed E-state index contributed by atoms with van der Waals surface area (Å²) in [6, 6.07) is 7.69. The second kappa shape index (κ2) is 9.30. The van der Waals surface area contributed by atoms with E-state index in [2.05, 4.69) is 10.6 Å². The summed E-state index contributed by atoms with van der Waals surface area (Å²) in [5.41, 5.74) is 1.76. The Morgan fingerprint density at radius 1 is 1.11 bits per heavy atom. The Bertz CT molecular complexity index is 789. The summed E-state index contributed by atoms with van der Waals surface area (Å²) in [4.78, 5) is 38.2. The summed E-state index contributed by atoms with van der Waals surface area (Å²) < 4.78 is 13.8. The number of hydrogen-bond acceptors (Lipinski definition) is 3. The molecule has 0 aliphatic carbocycles. The van der Waals surface area contributed by atoms with Crippen molar-refractivity contribution in [2.75, 3.05) is 7.05 Å². The van der Waals surface area contributed by atoms with Crippen molar-refractivity contribution in [2.24, 2.45) is 5.92 Å². The summed E-state index contributed by atoms with van der Waals surface area (Å²) >= 11 is 0. The van der Waals surface area contributed by atoms with Crippen molar-refractivity contribution in [1.29, 1.82) is 0 Å². The average Bonchev–Trinajstić information content (AvgIpc) is 2.81. The second-order valence-corrected chi connectivity index (χ2v) is 7.12. The minimum absolute atomic E-state index is 0.320. The van der Waals surface area contributed by atoms with Crippen molar-refractivity contribution in [2.45, 2.75) is 39.0 Å². The molecule has 28 heavy (non-hydrogen) atoms. The third kappa shape index (κ3) is 5.28. The van der Waals surface area contributed by atoms with Crippen molar-refractivity contribution >= 4 is 23.3 Å². The quantitative estimate of drug-likeness (QED) is 0.784. The molecule has 6 nitrogen and oxygen atoms in total. The van der Waals surface area contributed by atoms with E-state index in [1.165, 1.54) is 11.8 Å². The Morgan fingerprint density at radius 2 is 1.75 bits per heavy atom. The summed E-state index contributed by atoms with van der Waals surface area (Å²) in [6.07, 6.45) is 3.37. The van der Waals surface area contributed by atoms with E-state index in [4.69, 9.17) is 0 Å². The molecule has 0 saturated carbocycles. The number of rotatable bonds is 6. The van der Waals surface area contributed by atoms with Gasteiger partial charge in [0.1, 0.15) is 12.1 Å². The van der Waals surface area contributed by atoms with E-state index in [-0.39, 0.29) is 5.91 Å². The molecule has 1 heterocycles. The smallest absolute Gasteiger partial charge is 0.255 e. The van der Waals surface area contributed by atoms with Gasteiger partial charge in [-0.2, -0.15) is 0 Å². The van der Waals surface area contributed by atoms with E-state index in [0.29, 0.717) is 0 Å². The molecule has 2 N–H and O–H groups in total. The molecule has 7 heteroatoms. The Hall–Kier alpha value is -2.96. The number of halogens is 1. The normalized spacial score (nSPS) is 18.9. The monoisotopic (exact) mass is 387 g/mol. The lowest BCUT2D eigenvalue weighted by atomic mass is 10.1. The van der Waals surface area contributed by atoms with Gasteiger partial charge in [0.2, 0.25) is 5.91 Å². The van der Waals surface area contributed by atoms with E-state index in [9.17, 15) is 18.8 Å². The molecule has 1 aliphatic rings. The van der Waals surface area contributed by atoms with Crippen LogP contribution in [0, 0.1) is 5.92 Å². The fourth-order valence-corrected chi connectivity index (χ4v) is 2.67. The van der Waals surface area contributed by atoms with Crippen LogP contribution in [0.3, 0.4) is 0 Å². The molecule has 0 radical (unpaired) electrons. The van der Waals surface area contributed by atoms with Crippen LogP contribution in [0.4, 0.5) is 4.39 Å². The molecule has 0 spiro atoms. The number of carbonyl (C=O) groups excluding carboxylic acids is 3. The minimum atomic E-state index is -1.70. The standard InChI is InChI=1S/C21H26FN3O3/c1-13(2)18(22)20(27)23-14(3)19(26)24-17-11-10-16(12-25(4)21(17)28)15-8-6-5-7-9-15/h5-14,17-18H,1-4H3,(H,23,27)(H,24,26)/t14?,17-,18-/m0/s1. The number of nitrogens with zero attached hydrogens (tertiary/aromatic N) is 1. The van der Waals surface area contributed by atoms with Crippen molar-refractivity contribution in [3.05, 3.63) is 54.2 Å². The van der Waals surface area contributed by atoms with E-state index >= 15 is 0 Å². The van der Waals surface area contributed by atoms with Gasteiger partial charge in [-0.3, -0.25) is 14.4 Å². The van der Waals surface area contributed by atoms with E-state index in [1.54, 1.807) is 39.2 Å². The van der Waals surface area contributed by atoms with Crippen LogP contribution in [0.25, 0.3) is 5.57 Å². The molecule has 0 aromatic heterocycles. The van der Waals surface area contributed by atoms with Crippen LogP contribution in [-0.2, 0) is 14.4 Å². The van der Waals surface area contributed by atoms with Gasteiger partial charge in [-0.15, -0.1) is 0 Å². The molecule has 3 atom stereocenters. The van der Waals surface area contributed by atoms with Gasteiger partial charge in [-0.05, 0) is 24.0 Å². The first kappa shape index (κ1) is 21.3. The number of hydrogen-bond donors (Lipinski definition) is 2. The lowest BCUT2D eigenvalue weighted by molar-refractivity contribution is -0.134. The number of allylic oxidation sites excluding steroid dienone is 2. The number of carbonyl (C=O) groups is 3. The fourth-order valence-electron chi connectivity index (χ4n) is 2.67. The maximum atomic E-state index is 13.8. The van der Waals surface area contributed by atoms with Crippen LogP contribution >= 0.6 is 0 Å². The lowest BCUT2D eigenvalue weighted by Crippen LogP contribution is -2.52. The van der Waals surface area contributed by atoms with E-state index < -0.39 is 36.0 Å². The lowest BCUT2D eigenvalue weighted by Gasteiger charge is -2.21. The highest BCUT2D eigenvalue weighted by molar-refractivity contribution is 5.95. The van der Waals surface area contributed by atoms with Gasteiger partial charge >= 0.3 is 0 Å². The average molecular weight is 387 g/mol. The van der Waals surface area contributed by atoms with Gasteiger partial charge in [0, 0.05) is 13.2 Å². The molecule has 150 valence electrons. The number of likely N-dealkylation sites (N-methyl/N-ethyl adjacent to an activating group) is 1. The summed E-state index contributed by atoms with van der Waals surface area (Å²) in [5.74, 6) is -2.22. The van der Waals surface area contributed by atoms with Gasteiger partial charge in [0.15, 0.2) is 6.17 Å². The molecule has 0 saturated heterocycles. The number of benzene rings is 1. The first-order valence-corrected chi connectivity index (χ1v) is 9.17. The topological polar surface area (TPSA) is 78.5 Å². The van der Waals surface area contributed by atoms with Crippen LogP contribution in [0.1, 0.15) is 26.3 Å². The zero-order chi connectivity index (χ0) is 20.8. The molecule has 1 aromatic rings. The van der Waals surface area contributed by atoms with Gasteiger partial charge in [-0.1, -0.05) is 56.3 Å². The highest BCUT2D eigenvalue weighted by Gasteiger charge is 2.28. The van der Waals surface area contributed by atoms with Crippen molar-refractivity contribution < 1.29 is 18.8 Å². The summed E-state index contributed by atoms with van der Waals surface area (Å²) in [5, 5.41) is 4.94. The first-order chi connectivity index (χ1) is 13.2. The van der Waals surface area contributed by atoms with Crippen molar-refractivity contribution in [3.63, 3.8) is 0 Å². The van der Waals surface area contributed by atoms with Gasteiger partial charge < -0.3 is 15.5 Å². The van der Waals surface area contributed by atoms with Crippen LogP contribution in [-0.4, -0.2) is 47.9 Å². The summed E-state index contributed by atoms with van der Waals surface area (Å²) in [6.45, 7) is 4.61. The Balaban J connectivity index is 2.06. The SMILES string of the molecule is CC(NC(=O)[C@@H](F)C(C)C)C(=O)N[C@H]1C=CC(c2ccccc2)=CN(C)C1=O. The molecular weight excluding hydrogens is 361 g/mol. The van der Waals surface area contributed by atoms with Crippen LogP contribution in [0.2, 0.25) is 0 Å². The largest absolute Gasteiger partial charge is 0.342 e. The number of amides is 3. The molecule has 1 aromatic carbocycles. The first-order valence-electron chi connectivity index (χ1n) is 9.17. The molecule has 2 rings (SSSR count). The molecule has 3 amide bonds. The predicted octanol–water partition coefficient (Wildman–Crippen LogP) is 2.04. The highest BCUT2D eigenvalue weighted by Crippen LogP contribution is 2.19. The van der Waals surface area contributed by atoms with Crippen molar-refractivity contribution in [1.82, 2.24) is 15.5 Å². The van der Waals surface area contributed by atoms with E-state index in [0.717, 1.165) is 11.1 Å². The maximum Gasteiger partial charge on any atom is 0.255 e. The zero-order valence-corrected chi connectivity index (χ0v) is 16.5. The molecular formula is C21H26FN3O3. The second-order valence-electron chi connectivity index (χ2n) is 7.12. The Morgan fingerprint density at radius 3 is 2.36 bits per heavy atom. The van der Waals surface area contributed by atoms with Gasteiger partial charge in [0.05, 0.1) is 0 Å². The van der Waals surface area contributed by atoms with Crippen LogP contribution < -0.4 is 10.6 Å². The molecule has 1 aliphatic heterocycles. The van der Waals surface area contributed by atoms with Gasteiger partial charge in [0.25, 0.3) is 11.8 Å². The van der Waals surface area contributed by atoms with Crippen molar-refractivity contribution in [3.8, 4) is 0 Å². The minimum Gasteiger partial charge on any atom is -0.342 e. The highest BCUT2D eigenvalue weighted by atomic mass is 19.1. The third-order valence-corrected chi connectivity index (χ3v) is 4.41. The van der Waals surface area contributed by atoms with Crippen LogP contribution in [0.5, 0.6) is 0 Å². The zero-order valence-electron chi connectivity index (χ0n) is 16.5. The molecule has 0 bridgehead atoms. The van der Waals surface area contributed by atoms with Crippen LogP contribution in [0.15, 0.2) is 48.7 Å². The Kier molecular flexibility index (Phi) is 7.09. The Labute approximate surface area is 164 Å². The fraction of sp³-hybridized carbons (Fsp3) is 0.381. The maximum absolute atomic E-state index is 13.8. The number of alkyl halides is 1. The molecule has 0 fully saturated rings.